The van der Waals surface area contributed by atoms with Gasteiger partial charge >= 0.3 is 0 Å². The Bertz CT molecular complexity index is 700. The molecular weight excluding hydrogens is 346 g/mol. The van der Waals surface area contributed by atoms with Gasteiger partial charge in [0.1, 0.15) is 0 Å². The number of ether oxygens (including phenoxy) is 1. The second kappa shape index (κ2) is 9.83. The minimum atomic E-state index is -0.328. The van der Waals surface area contributed by atoms with E-state index in [2.05, 4.69) is 10.6 Å². The lowest BCUT2D eigenvalue weighted by Crippen LogP contribution is -2.28. The molecule has 1 unspecified atom stereocenters. The normalized spacial score (nSPS) is 11.3. The first-order chi connectivity index (χ1) is 11.5. The highest BCUT2D eigenvalue weighted by molar-refractivity contribution is 6.03. The maximum absolute atomic E-state index is 12.0. The van der Waals surface area contributed by atoms with Crippen molar-refractivity contribution < 1.29 is 18.7 Å². The van der Waals surface area contributed by atoms with Crippen LogP contribution in [0.4, 0.5) is 11.4 Å². The first kappa shape index (κ1) is 20.7. The van der Waals surface area contributed by atoms with Crippen LogP contribution in [0.15, 0.2) is 41.0 Å². The van der Waals surface area contributed by atoms with Crippen LogP contribution in [0.2, 0.25) is 0 Å². The average Bonchev–Trinajstić information content (AvgIpc) is 3.09. The van der Waals surface area contributed by atoms with Gasteiger partial charge in [-0.05, 0) is 42.8 Å². The molecule has 0 saturated heterocycles. The molecule has 8 heteroatoms. The number of nitrogens with two attached hydrogens (primary N) is 1. The van der Waals surface area contributed by atoms with E-state index in [1.807, 2.05) is 6.92 Å². The monoisotopic (exact) mass is 367 g/mol. The van der Waals surface area contributed by atoms with Crippen LogP contribution in [-0.2, 0) is 9.53 Å². The fourth-order valence-corrected chi connectivity index (χ4v) is 2.16. The van der Waals surface area contributed by atoms with Crippen LogP contribution in [0, 0.1) is 6.92 Å². The number of anilines is 2. The van der Waals surface area contributed by atoms with Crippen molar-refractivity contribution in [3.05, 3.63) is 47.9 Å². The number of nitrogens with one attached hydrogen (secondary N) is 2. The number of aryl methyl sites for hydroxylation is 1. The predicted molar refractivity (Wildman–Crippen MR) is 98.2 cm³/mol. The van der Waals surface area contributed by atoms with Crippen LogP contribution in [0.1, 0.15) is 22.5 Å². The summed E-state index contributed by atoms with van der Waals surface area (Å²) in [5, 5.41) is 5.55. The van der Waals surface area contributed by atoms with Crippen LogP contribution in [0.3, 0.4) is 0 Å². The van der Waals surface area contributed by atoms with Crippen LogP contribution in [0.5, 0.6) is 0 Å². The highest BCUT2D eigenvalue weighted by atomic mass is 35.5. The lowest BCUT2D eigenvalue weighted by Gasteiger charge is -2.14. The summed E-state index contributed by atoms with van der Waals surface area (Å²) in [6.45, 7) is 2.12. The van der Waals surface area contributed by atoms with Crippen LogP contribution in [-0.4, -0.2) is 31.6 Å². The van der Waals surface area contributed by atoms with E-state index in [0.717, 1.165) is 5.56 Å². The molecule has 0 saturated carbocycles. The minimum absolute atomic E-state index is 0. The van der Waals surface area contributed by atoms with Gasteiger partial charge in [-0.2, -0.15) is 0 Å². The summed E-state index contributed by atoms with van der Waals surface area (Å²) in [6, 6.07) is 8.45. The molecule has 0 radical (unpaired) electrons. The Balaban J connectivity index is 0.00000312. The van der Waals surface area contributed by atoms with E-state index in [0.29, 0.717) is 11.4 Å². The maximum Gasteiger partial charge on any atom is 0.291 e. The van der Waals surface area contributed by atoms with E-state index < -0.39 is 0 Å². The summed E-state index contributed by atoms with van der Waals surface area (Å²) in [5.74, 6) is -0.274. The molecule has 0 aliphatic carbocycles. The first-order valence-electron chi connectivity index (χ1n) is 7.51. The van der Waals surface area contributed by atoms with Gasteiger partial charge in [-0.25, -0.2) is 0 Å². The third-order valence-electron chi connectivity index (χ3n) is 3.51. The predicted octanol–water partition coefficient (Wildman–Crippen LogP) is 2.56. The van der Waals surface area contributed by atoms with Crippen LogP contribution < -0.4 is 16.4 Å². The van der Waals surface area contributed by atoms with Crippen LogP contribution >= 0.6 is 12.4 Å². The summed E-state index contributed by atoms with van der Waals surface area (Å²) >= 11 is 0. The summed E-state index contributed by atoms with van der Waals surface area (Å²) in [6.07, 6.45) is 1.32. The number of halogens is 1. The zero-order valence-corrected chi connectivity index (χ0v) is 14.9. The lowest BCUT2D eigenvalue weighted by molar-refractivity contribution is -0.118. The van der Waals surface area contributed by atoms with E-state index in [1.54, 1.807) is 30.3 Å². The van der Waals surface area contributed by atoms with Gasteiger partial charge in [0.05, 0.1) is 18.8 Å². The summed E-state index contributed by atoms with van der Waals surface area (Å²) in [7, 11) is 1.52. The largest absolute Gasteiger partial charge is 0.459 e. The number of benzene rings is 1. The summed E-state index contributed by atoms with van der Waals surface area (Å²) in [4.78, 5) is 23.9. The van der Waals surface area contributed by atoms with Crippen molar-refractivity contribution in [2.24, 2.45) is 5.73 Å². The molecule has 2 rings (SSSR count). The van der Waals surface area contributed by atoms with Gasteiger partial charge in [0.2, 0.25) is 5.91 Å². The van der Waals surface area contributed by atoms with E-state index in [-0.39, 0.29) is 49.1 Å². The molecule has 0 aliphatic heterocycles. The van der Waals surface area contributed by atoms with Gasteiger partial charge in [-0.15, -0.1) is 12.4 Å². The molecule has 1 atom stereocenters. The van der Waals surface area contributed by atoms with Crippen LogP contribution in [0.25, 0.3) is 0 Å². The average molecular weight is 368 g/mol. The molecule has 136 valence electrons. The molecule has 0 bridgehead atoms. The number of hydrogen-bond acceptors (Lipinski definition) is 5. The number of rotatable bonds is 7. The Kier molecular flexibility index (Phi) is 8.13. The SMILES string of the molecule is COC(CN)CC(=O)Nc1ccc(NC(=O)c2ccco2)c(C)c1.Cl. The molecule has 0 spiro atoms. The maximum atomic E-state index is 12.0. The standard InChI is InChI=1S/C17H21N3O4.ClH/c1-11-8-12(19-16(21)9-13(10-18)23-2)5-6-14(11)20-17(22)15-4-3-7-24-15;/h3-8,13H,9-10,18H2,1-2H3,(H,19,21)(H,20,22);1H. The van der Waals surface area contributed by atoms with Crippen molar-refractivity contribution in [3.8, 4) is 0 Å². The zero-order valence-electron chi connectivity index (χ0n) is 14.1. The third kappa shape index (κ3) is 5.90. The highest BCUT2D eigenvalue weighted by Gasteiger charge is 2.13. The zero-order chi connectivity index (χ0) is 17.5. The lowest BCUT2D eigenvalue weighted by atomic mass is 10.1. The topological polar surface area (TPSA) is 107 Å². The van der Waals surface area contributed by atoms with Crippen molar-refractivity contribution in [3.63, 3.8) is 0 Å². The van der Waals surface area contributed by atoms with Crippen molar-refractivity contribution >= 4 is 35.6 Å². The fraction of sp³-hybridized carbons (Fsp3) is 0.294. The Morgan fingerprint density at radius 2 is 2.04 bits per heavy atom. The first-order valence-corrected chi connectivity index (χ1v) is 7.51. The molecule has 1 heterocycles. The van der Waals surface area contributed by atoms with Crippen molar-refractivity contribution in [1.29, 1.82) is 0 Å². The molecule has 1 aromatic carbocycles. The number of hydrogen-bond donors (Lipinski definition) is 3. The van der Waals surface area contributed by atoms with E-state index >= 15 is 0 Å². The van der Waals surface area contributed by atoms with Crippen molar-refractivity contribution in [2.75, 3.05) is 24.3 Å². The quantitative estimate of drug-likeness (QED) is 0.697. The Hall–Kier alpha value is -2.35. The molecule has 0 fully saturated rings. The summed E-state index contributed by atoms with van der Waals surface area (Å²) in [5.41, 5.74) is 7.60. The Labute approximate surface area is 152 Å². The van der Waals surface area contributed by atoms with E-state index in [4.69, 9.17) is 14.9 Å². The molecule has 25 heavy (non-hydrogen) atoms. The fourth-order valence-electron chi connectivity index (χ4n) is 2.16. The van der Waals surface area contributed by atoms with Gasteiger partial charge in [0, 0.05) is 25.0 Å². The molecule has 7 nitrogen and oxygen atoms in total. The molecule has 0 aliphatic rings. The van der Waals surface area contributed by atoms with Crippen molar-refractivity contribution in [2.45, 2.75) is 19.4 Å². The third-order valence-corrected chi connectivity index (χ3v) is 3.51. The summed E-state index contributed by atoms with van der Waals surface area (Å²) < 4.78 is 10.1. The number of furan rings is 1. The van der Waals surface area contributed by atoms with Gasteiger partial charge in [0.25, 0.3) is 5.91 Å². The van der Waals surface area contributed by atoms with E-state index in [1.165, 1.54) is 13.4 Å². The minimum Gasteiger partial charge on any atom is -0.459 e. The highest BCUT2D eigenvalue weighted by Crippen LogP contribution is 2.21. The second-order valence-electron chi connectivity index (χ2n) is 5.31. The molecule has 4 N–H and O–H groups in total. The second-order valence-corrected chi connectivity index (χ2v) is 5.31. The number of carbonyl (C=O) groups is 2. The molecule has 1 aromatic heterocycles. The molecule has 2 aromatic rings. The van der Waals surface area contributed by atoms with Gasteiger partial charge in [-0.1, -0.05) is 0 Å². The Morgan fingerprint density at radius 3 is 2.60 bits per heavy atom. The molecule has 2 amide bonds. The van der Waals surface area contributed by atoms with Gasteiger partial charge in [-0.3, -0.25) is 9.59 Å². The van der Waals surface area contributed by atoms with Gasteiger partial charge in [0.15, 0.2) is 5.76 Å². The Morgan fingerprint density at radius 1 is 1.28 bits per heavy atom. The molecular formula is C17H22ClN3O4. The number of carbonyl (C=O) groups excluding carboxylic acids is 2. The van der Waals surface area contributed by atoms with E-state index in [9.17, 15) is 9.59 Å². The van der Waals surface area contributed by atoms with Gasteiger partial charge < -0.3 is 25.5 Å². The number of methoxy groups -OCH3 is 1. The smallest absolute Gasteiger partial charge is 0.291 e. The van der Waals surface area contributed by atoms with Crippen molar-refractivity contribution in [1.82, 2.24) is 0 Å². The number of amides is 2.